The topological polar surface area (TPSA) is 58.1 Å². The number of aromatic nitrogens is 2. The Balaban J connectivity index is 2.06. The molecule has 0 atom stereocenters. The van der Waals surface area contributed by atoms with Crippen molar-refractivity contribution in [2.24, 2.45) is 5.92 Å². The monoisotopic (exact) mass is 284 g/mol. The van der Waals surface area contributed by atoms with Crippen LogP contribution in [-0.4, -0.2) is 29.5 Å². The molecule has 0 saturated heterocycles. The molecule has 0 aliphatic rings. The molecule has 110 valence electrons. The Bertz CT molecular complexity index is 581. The van der Waals surface area contributed by atoms with E-state index in [0.29, 0.717) is 17.4 Å². The van der Waals surface area contributed by atoms with Crippen molar-refractivity contribution in [2.75, 3.05) is 23.8 Å². The number of carbonyl (C=O) groups excluding carboxylic acids is 1. The van der Waals surface area contributed by atoms with E-state index < -0.39 is 0 Å². The average Bonchev–Trinajstić information content (AvgIpc) is 2.53. The summed E-state index contributed by atoms with van der Waals surface area (Å²) >= 11 is 0. The fourth-order valence-electron chi connectivity index (χ4n) is 1.78. The number of rotatable bonds is 5. The summed E-state index contributed by atoms with van der Waals surface area (Å²) in [4.78, 5) is 22.3. The number of hydrogen-bond donors (Lipinski definition) is 1. The van der Waals surface area contributed by atoms with Crippen molar-refractivity contribution >= 4 is 17.4 Å². The Kier molecular flexibility index (Phi) is 4.87. The number of anilines is 2. The van der Waals surface area contributed by atoms with Crippen molar-refractivity contribution in [1.29, 1.82) is 0 Å². The van der Waals surface area contributed by atoms with Gasteiger partial charge in [0.1, 0.15) is 11.5 Å². The lowest BCUT2D eigenvalue weighted by atomic mass is 10.2. The molecule has 1 N–H and O–H groups in total. The molecule has 0 unspecified atom stereocenters. The molecule has 1 aromatic heterocycles. The van der Waals surface area contributed by atoms with Gasteiger partial charge < -0.3 is 10.2 Å². The number of benzene rings is 1. The minimum atomic E-state index is -0.177. The van der Waals surface area contributed by atoms with E-state index in [2.05, 4.69) is 29.1 Å². The Morgan fingerprint density at radius 2 is 1.90 bits per heavy atom. The van der Waals surface area contributed by atoms with Crippen molar-refractivity contribution in [3.8, 4) is 0 Å². The number of nitrogens with zero attached hydrogens (tertiary/aromatic N) is 3. The van der Waals surface area contributed by atoms with Gasteiger partial charge >= 0.3 is 0 Å². The molecule has 2 rings (SSSR count). The molecule has 0 saturated carbocycles. The smallest absolute Gasteiger partial charge is 0.278 e. The van der Waals surface area contributed by atoms with Crippen LogP contribution in [0.25, 0.3) is 0 Å². The van der Waals surface area contributed by atoms with Crippen LogP contribution in [0.15, 0.2) is 42.7 Å². The zero-order valence-electron chi connectivity index (χ0n) is 12.6. The van der Waals surface area contributed by atoms with Crippen molar-refractivity contribution in [2.45, 2.75) is 13.8 Å². The molecule has 1 heterocycles. The van der Waals surface area contributed by atoms with Crippen LogP contribution in [0, 0.1) is 5.92 Å². The zero-order chi connectivity index (χ0) is 15.2. The highest BCUT2D eigenvalue weighted by Crippen LogP contribution is 2.14. The third-order valence-corrected chi connectivity index (χ3v) is 3.01. The van der Waals surface area contributed by atoms with Crippen LogP contribution in [0.5, 0.6) is 0 Å². The summed E-state index contributed by atoms with van der Waals surface area (Å²) in [5, 5.41) is 3.17. The van der Waals surface area contributed by atoms with Crippen LogP contribution in [0.3, 0.4) is 0 Å². The second-order valence-corrected chi connectivity index (χ2v) is 5.26. The van der Waals surface area contributed by atoms with Crippen LogP contribution < -0.4 is 10.2 Å². The van der Waals surface area contributed by atoms with Gasteiger partial charge in [-0.3, -0.25) is 4.79 Å². The maximum atomic E-state index is 12.3. The quantitative estimate of drug-likeness (QED) is 0.917. The zero-order valence-corrected chi connectivity index (χ0v) is 12.6. The van der Waals surface area contributed by atoms with E-state index in [4.69, 9.17) is 0 Å². The first-order valence-electron chi connectivity index (χ1n) is 6.97. The molecule has 1 aromatic carbocycles. The molecule has 0 bridgehead atoms. The Hall–Kier alpha value is -2.43. The Labute approximate surface area is 125 Å². The van der Waals surface area contributed by atoms with Gasteiger partial charge in [0, 0.05) is 19.3 Å². The van der Waals surface area contributed by atoms with E-state index in [1.54, 1.807) is 18.1 Å². The molecule has 0 radical (unpaired) electrons. The normalized spacial score (nSPS) is 10.5. The number of para-hydroxylation sites is 1. The molecular weight excluding hydrogens is 264 g/mol. The van der Waals surface area contributed by atoms with Gasteiger partial charge in [0.2, 0.25) is 0 Å². The van der Waals surface area contributed by atoms with Gasteiger partial charge in [-0.15, -0.1) is 0 Å². The largest absolute Gasteiger partial charge is 0.369 e. The first-order chi connectivity index (χ1) is 10.1. The van der Waals surface area contributed by atoms with Crippen molar-refractivity contribution < 1.29 is 4.79 Å². The SMILES string of the molecule is CC(C)CNc1cnc(C(=O)N(C)c2ccccc2)cn1. The number of carbonyl (C=O) groups is 1. The molecule has 5 heteroatoms. The average molecular weight is 284 g/mol. The van der Waals surface area contributed by atoms with Crippen LogP contribution in [0.2, 0.25) is 0 Å². The van der Waals surface area contributed by atoms with E-state index in [9.17, 15) is 4.79 Å². The predicted octanol–water partition coefficient (Wildman–Crippen LogP) is 2.82. The molecule has 0 aliphatic carbocycles. The maximum absolute atomic E-state index is 12.3. The molecule has 0 aliphatic heterocycles. The predicted molar refractivity (Wildman–Crippen MR) is 84.5 cm³/mol. The summed E-state index contributed by atoms with van der Waals surface area (Å²) in [6.45, 7) is 5.06. The molecular formula is C16H20N4O. The lowest BCUT2D eigenvalue weighted by Gasteiger charge is -2.16. The molecule has 0 spiro atoms. The summed E-state index contributed by atoms with van der Waals surface area (Å²) in [7, 11) is 1.73. The minimum absolute atomic E-state index is 0.177. The fraction of sp³-hybridized carbons (Fsp3) is 0.312. The van der Waals surface area contributed by atoms with Crippen molar-refractivity contribution in [3.63, 3.8) is 0 Å². The summed E-state index contributed by atoms with van der Waals surface area (Å²) < 4.78 is 0. The van der Waals surface area contributed by atoms with Gasteiger partial charge in [0.05, 0.1) is 12.4 Å². The maximum Gasteiger partial charge on any atom is 0.278 e. The van der Waals surface area contributed by atoms with Gasteiger partial charge in [0.25, 0.3) is 5.91 Å². The van der Waals surface area contributed by atoms with Gasteiger partial charge in [-0.2, -0.15) is 0 Å². The Morgan fingerprint density at radius 3 is 2.48 bits per heavy atom. The highest BCUT2D eigenvalue weighted by Gasteiger charge is 2.15. The van der Waals surface area contributed by atoms with Gasteiger partial charge in [-0.25, -0.2) is 9.97 Å². The number of hydrogen-bond acceptors (Lipinski definition) is 4. The minimum Gasteiger partial charge on any atom is -0.369 e. The van der Waals surface area contributed by atoms with Crippen molar-refractivity contribution in [1.82, 2.24) is 9.97 Å². The third kappa shape index (κ3) is 4.02. The summed E-state index contributed by atoms with van der Waals surface area (Å²) in [6.07, 6.45) is 3.10. The van der Waals surface area contributed by atoms with Gasteiger partial charge in [-0.05, 0) is 18.1 Å². The van der Waals surface area contributed by atoms with Crippen LogP contribution >= 0.6 is 0 Å². The summed E-state index contributed by atoms with van der Waals surface area (Å²) in [5.41, 5.74) is 1.16. The van der Waals surface area contributed by atoms with Crippen LogP contribution in [-0.2, 0) is 0 Å². The van der Waals surface area contributed by atoms with E-state index in [-0.39, 0.29) is 5.91 Å². The van der Waals surface area contributed by atoms with Gasteiger partial charge in [0.15, 0.2) is 0 Å². The first kappa shape index (κ1) is 15.0. The second kappa shape index (κ2) is 6.83. The molecule has 5 nitrogen and oxygen atoms in total. The van der Waals surface area contributed by atoms with Crippen LogP contribution in [0.4, 0.5) is 11.5 Å². The van der Waals surface area contributed by atoms with Crippen LogP contribution in [0.1, 0.15) is 24.3 Å². The number of amides is 1. The highest BCUT2D eigenvalue weighted by atomic mass is 16.2. The van der Waals surface area contributed by atoms with E-state index in [1.807, 2.05) is 30.3 Å². The molecule has 1 amide bonds. The fourth-order valence-corrected chi connectivity index (χ4v) is 1.78. The lowest BCUT2D eigenvalue weighted by Crippen LogP contribution is -2.27. The molecule has 21 heavy (non-hydrogen) atoms. The van der Waals surface area contributed by atoms with E-state index in [1.165, 1.54) is 6.20 Å². The standard InChI is InChI=1S/C16H20N4O/c1-12(2)9-18-15-11-17-14(10-19-15)16(21)20(3)13-7-5-4-6-8-13/h4-8,10-12H,9H2,1-3H3,(H,18,19). The third-order valence-electron chi connectivity index (χ3n) is 3.01. The van der Waals surface area contributed by atoms with Crippen molar-refractivity contribution in [3.05, 3.63) is 48.4 Å². The first-order valence-corrected chi connectivity index (χ1v) is 6.97. The van der Waals surface area contributed by atoms with Gasteiger partial charge in [-0.1, -0.05) is 32.0 Å². The summed E-state index contributed by atoms with van der Waals surface area (Å²) in [6, 6.07) is 9.46. The molecule has 0 fully saturated rings. The number of nitrogens with one attached hydrogen (secondary N) is 1. The summed E-state index contributed by atoms with van der Waals surface area (Å²) in [5.74, 6) is 1.03. The van der Waals surface area contributed by atoms with E-state index >= 15 is 0 Å². The lowest BCUT2D eigenvalue weighted by molar-refractivity contribution is 0.0988. The highest BCUT2D eigenvalue weighted by molar-refractivity contribution is 6.04. The second-order valence-electron chi connectivity index (χ2n) is 5.26. The molecule has 2 aromatic rings. The van der Waals surface area contributed by atoms with E-state index in [0.717, 1.165) is 12.2 Å². The Morgan fingerprint density at radius 1 is 1.19 bits per heavy atom.